The van der Waals surface area contributed by atoms with Crippen molar-refractivity contribution < 1.29 is 0 Å². The van der Waals surface area contributed by atoms with Crippen LogP contribution >= 0.6 is 0 Å². The van der Waals surface area contributed by atoms with E-state index in [0.717, 1.165) is 0 Å². The summed E-state index contributed by atoms with van der Waals surface area (Å²) in [5.74, 6) is 0. The van der Waals surface area contributed by atoms with Crippen LogP contribution in [-0.4, -0.2) is 0 Å². The molecule has 0 saturated heterocycles. The number of rotatable bonds is 4. The van der Waals surface area contributed by atoms with Crippen molar-refractivity contribution in [2.24, 2.45) is 0 Å². The Kier molecular flexibility index (Phi) is 3.61. The Morgan fingerprint density at radius 1 is 1.12 bits per heavy atom. The lowest BCUT2D eigenvalue weighted by atomic mass is 9.97. The molecule has 2 aromatic carbocycles. The predicted octanol–water partition coefficient (Wildman–Crippen LogP) is 4.75. The summed E-state index contributed by atoms with van der Waals surface area (Å²) in [4.78, 5) is 0. The van der Waals surface area contributed by atoms with Crippen LogP contribution < -0.4 is 0 Å². The van der Waals surface area contributed by atoms with E-state index in [1.165, 1.54) is 41.2 Å². The van der Waals surface area contributed by atoms with Crippen molar-refractivity contribution in [1.82, 2.24) is 0 Å². The van der Waals surface area contributed by atoms with Gasteiger partial charge in [-0.1, -0.05) is 56.7 Å². The number of benzene rings is 2. The van der Waals surface area contributed by atoms with Crippen LogP contribution in [-0.2, 0) is 6.42 Å². The summed E-state index contributed by atoms with van der Waals surface area (Å²) in [7, 11) is 0. The Hall–Kier alpha value is -1.30. The van der Waals surface area contributed by atoms with Crippen molar-refractivity contribution in [1.29, 1.82) is 0 Å². The number of unbranched alkanes of at least 4 members (excludes halogenated alkanes) is 1. The summed E-state index contributed by atoms with van der Waals surface area (Å²) >= 11 is 0. The normalized spacial score (nSPS) is 10.9. The highest BCUT2D eigenvalue weighted by molar-refractivity contribution is 5.87. The van der Waals surface area contributed by atoms with Gasteiger partial charge in [-0.3, -0.25) is 0 Å². The summed E-state index contributed by atoms with van der Waals surface area (Å²) in [6, 6.07) is 13.3. The molecule has 0 amide bonds. The van der Waals surface area contributed by atoms with Gasteiger partial charge in [0.25, 0.3) is 0 Å². The van der Waals surface area contributed by atoms with Crippen LogP contribution in [0.3, 0.4) is 0 Å². The maximum Gasteiger partial charge on any atom is -0.0118 e. The van der Waals surface area contributed by atoms with Gasteiger partial charge in [0.2, 0.25) is 0 Å². The Balaban J connectivity index is 2.46. The van der Waals surface area contributed by atoms with Crippen molar-refractivity contribution in [2.75, 3.05) is 0 Å². The molecular weight excluding hydrogens is 192 g/mol. The molecule has 0 atom stereocenters. The molecular formula is C16H19. The molecule has 0 spiro atoms. The Morgan fingerprint density at radius 3 is 2.69 bits per heavy atom. The fourth-order valence-electron chi connectivity index (χ4n) is 2.17. The number of hydrogen-bond donors (Lipinski definition) is 0. The summed E-state index contributed by atoms with van der Waals surface area (Å²) in [6.45, 7) is 4.36. The Morgan fingerprint density at radius 2 is 1.94 bits per heavy atom. The number of hydrogen-bond acceptors (Lipinski definition) is 0. The van der Waals surface area contributed by atoms with Gasteiger partial charge in [0, 0.05) is 0 Å². The van der Waals surface area contributed by atoms with Gasteiger partial charge >= 0.3 is 0 Å². The standard InChI is InChI=1S/C16H19/c1-3-5-8-13-11-14(4-2)16-10-7-6-9-15(16)12-13/h4,6-7,9-12H,3,5,8H2,1-2H3. The van der Waals surface area contributed by atoms with Gasteiger partial charge in [-0.05, 0) is 41.2 Å². The minimum absolute atomic E-state index is 1.20. The molecule has 2 aromatic rings. The second-order valence-corrected chi connectivity index (χ2v) is 4.30. The van der Waals surface area contributed by atoms with Crippen LogP contribution in [0.4, 0.5) is 0 Å². The van der Waals surface area contributed by atoms with Crippen molar-refractivity contribution in [3.8, 4) is 0 Å². The molecule has 2 rings (SSSR count). The van der Waals surface area contributed by atoms with Crippen LogP contribution in [0, 0.1) is 6.42 Å². The van der Waals surface area contributed by atoms with E-state index in [4.69, 9.17) is 0 Å². The van der Waals surface area contributed by atoms with Crippen LogP contribution in [0.5, 0.6) is 0 Å². The molecule has 83 valence electrons. The summed E-state index contributed by atoms with van der Waals surface area (Å²) in [6.07, 6.45) is 5.94. The predicted molar refractivity (Wildman–Crippen MR) is 71.6 cm³/mol. The average molecular weight is 211 g/mol. The first-order chi connectivity index (χ1) is 7.85. The van der Waals surface area contributed by atoms with Crippen LogP contribution in [0.1, 0.15) is 37.8 Å². The summed E-state index contributed by atoms with van der Waals surface area (Å²) in [5, 5.41) is 2.73. The first-order valence-electron chi connectivity index (χ1n) is 6.16. The van der Waals surface area contributed by atoms with Gasteiger partial charge in [0.1, 0.15) is 0 Å². The average Bonchev–Trinajstić information content (AvgIpc) is 2.35. The molecule has 0 aliphatic rings. The highest BCUT2D eigenvalue weighted by Crippen LogP contribution is 2.23. The molecule has 0 nitrogen and oxygen atoms in total. The molecule has 0 aliphatic carbocycles. The minimum Gasteiger partial charge on any atom is -0.0654 e. The van der Waals surface area contributed by atoms with Gasteiger partial charge in [0.05, 0.1) is 0 Å². The van der Waals surface area contributed by atoms with E-state index in [2.05, 4.69) is 56.7 Å². The molecule has 0 heteroatoms. The molecule has 16 heavy (non-hydrogen) atoms. The molecule has 0 aromatic heterocycles. The van der Waals surface area contributed by atoms with E-state index < -0.39 is 0 Å². The highest BCUT2D eigenvalue weighted by atomic mass is 14.1. The molecule has 0 N–H and O–H groups in total. The van der Waals surface area contributed by atoms with Crippen molar-refractivity contribution in [2.45, 2.75) is 33.1 Å². The molecule has 0 saturated carbocycles. The van der Waals surface area contributed by atoms with E-state index in [1.54, 1.807) is 0 Å². The maximum atomic E-state index is 2.33. The van der Waals surface area contributed by atoms with Gasteiger partial charge < -0.3 is 0 Å². The van der Waals surface area contributed by atoms with E-state index >= 15 is 0 Å². The third kappa shape index (κ3) is 2.27. The lowest BCUT2D eigenvalue weighted by Crippen LogP contribution is -1.89. The number of aryl methyl sites for hydroxylation is 1. The van der Waals surface area contributed by atoms with Crippen LogP contribution in [0.15, 0.2) is 36.4 Å². The lowest BCUT2D eigenvalue weighted by molar-refractivity contribution is 0.795. The maximum absolute atomic E-state index is 2.33. The largest absolute Gasteiger partial charge is 0.0654 e. The highest BCUT2D eigenvalue weighted by Gasteiger charge is 2.02. The monoisotopic (exact) mass is 211 g/mol. The van der Waals surface area contributed by atoms with Crippen molar-refractivity contribution in [3.63, 3.8) is 0 Å². The lowest BCUT2D eigenvalue weighted by Gasteiger charge is -2.08. The molecule has 1 radical (unpaired) electrons. The zero-order valence-corrected chi connectivity index (χ0v) is 10.2. The van der Waals surface area contributed by atoms with Crippen LogP contribution in [0.25, 0.3) is 10.8 Å². The second-order valence-electron chi connectivity index (χ2n) is 4.30. The van der Waals surface area contributed by atoms with Crippen LogP contribution in [0.2, 0.25) is 0 Å². The summed E-state index contributed by atoms with van der Waals surface area (Å²) in [5.41, 5.74) is 2.83. The third-order valence-corrected chi connectivity index (χ3v) is 3.08. The molecule has 0 fully saturated rings. The Labute approximate surface area is 98.3 Å². The third-order valence-electron chi connectivity index (χ3n) is 3.08. The SMILES string of the molecule is C[CH]c1cc(CCCC)cc2ccccc12. The first-order valence-corrected chi connectivity index (χ1v) is 6.16. The van der Waals surface area contributed by atoms with E-state index in [9.17, 15) is 0 Å². The van der Waals surface area contributed by atoms with E-state index in [0.29, 0.717) is 0 Å². The van der Waals surface area contributed by atoms with Gasteiger partial charge in [-0.25, -0.2) is 0 Å². The fraction of sp³-hybridized carbons (Fsp3) is 0.312. The van der Waals surface area contributed by atoms with Crippen molar-refractivity contribution in [3.05, 3.63) is 53.9 Å². The van der Waals surface area contributed by atoms with Gasteiger partial charge in [0.15, 0.2) is 0 Å². The topological polar surface area (TPSA) is 0 Å². The zero-order valence-electron chi connectivity index (χ0n) is 10.2. The molecule has 0 aliphatic heterocycles. The van der Waals surface area contributed by atoms with Gasteiger partial charge in [-0.15, -0.1) is 0 Å². The second kappa shape index (κ2) is 5.16. The summed E-state index contributed by atoms with van der Waals surface area (Å²) < 4.78 is 0. The molecule has 0 bridgehead atoms. The smallest absolute Gasteiger partial charge is 0.0118 e. The van der Waals surface area contributed by atoms with Crippen molar-refractivity contribution >= 4 is 10.8 Å². The molecule has 0 unspecified atom stereocenters. The van der Waals surface area contributed by atoms with Gasteiger partial charge in [-0.2, -0.15) is 0 Å². The zero-order chi connectivity index (χ0) is 11.4. The van der Waals surface area contributed by atoms with E-state index in [-0.39, 0.29) is 0 Å². The fourth-order valence-corrected chi connectivity index (χ4v) is 2.17. The Bertz CT molecular complexity index is 468. The quantitative estimate of drug-likeness (QED) is 0.684. The minimum atomic E-state index is 1.20. The molecule has 0 heterocycles. The first kappa shape index (κ1) is 11.2. The number of fused-ring (bicyclic) bond motifs is 1. The van der Waals surface area contributed by atoms with E-state index in [1.807, 2.05) is 0 Å².